The molecule has 2 fully saturated rings. The Bertz CT molecular complexity index is 1230. The number of nitrogens with zero attached hydrogens (tertiary/aromatic N) is 2. The highest BCUT2D eigenvalue weighted by Gasteiger charge is 2.59. The average molecular weight is 578 g/mol. The Balaban J connectivity index is 1.37. The van der Waals surface area contributed by atoms with Crippen molar-refractivity contribution >= 4 is 46.6 Å². The van der Waals surface area contributed by atoms with Gasteiger partial charge in [-0.25, -0.2) is 4.79 Å². The van der Waals surface area contributed by atoms with Gasteiger partial charge in [-0.15, -0.1) is 0 Å². The summed E-state index contributed by atoms with van der Waals surface area (Å²) in [5, 5.41) is 0.0207. The molecule has 1 atom stereocenters. The van der Waals surface area contributed by atoms with Gasteiger partial charge in [0.25, 0.3) is 0 Å². The number of alkyl halides is 3. The van der Waals surface area contributed by atoms with Crippen LogP contribution in [0.15, 0.2) is 30.3 Å². The fraction of sp³-hybridized carbons (Fsp3) is 0.500. The minimum Gasteiger partial charge on any atom is -0.444 e. The highest BCUT2D eigenvalue weighted by atomic mass is 35.5. The molecule has 0 radical (unpaired) electrons. The lowest BCUT2D eigenvalue weighted by atomic mass is 9.79. The average Bonchev–Trinajstić information content (AvgIpc) is 3.37. The second kappa shape index (κ2) is 8.83. The van der Waals surface area contributed by atoms with E-state index < -0.39 is 28.9 Å². The smallest absolute Gasteiger partial charge is 0.410 e. The molecule has 3 aliphatic heterocycles. The first-order valence-electron chi connectivity index (χ1n) is 11.9. The number of carbonyl (C=O) groups excluding carboxylic acids is 1. The van der Waals surface area contributed by atoms with Gasteiger partial charge in [-0.2, -0.15) is 13.2 Å². The summed E-state index contributed by atoms with van der Waals surface area (Å²) < 4.78 is 55.1. The normalized spacial score (nSPS) is 22.8. The van der Waals surface area contributed by atoms with Crippen molar-refractivity contribution in [2.75, 3.05) is 31.1 Å². The molecule has 2 aromatic rings. The number of ether oxygens (including phenoxy) is 2. The maximum Gasteiger partial charge on any atom is 0.410 e. The number of hydrogen-bond donors (Lipinski definition) is 0. The van der Waals surface area contributed by atoms with E-state index in [1.807, 2.05) is 39.0 Å². The molecule has 1 spiro atoms. The number of anilines is 1. The van der Waals surface area contributed by atoms with Crippen molar-refractivity contribution in [3.8, 4) is 0 Å². The second-order valence-corrected chi connectivity index (χ2v) is 12.2. The van der Waals surface area contributed by atoms with Crippen molar-refractivity contribution in [3.05, 3.63) is 62.1 Å². The van der Waals surface area contributed by atoms with Gasteiger partial charge in [0.2, 0.25) is 0 Å². The number of amides is 1. The van der Waals surface area contributed by atoms with Crippen molar-refractivity contribution in [1.29, 1.82) is 0 Å². The Kier molecular flexibility index (Phi) is 6.38. The van der Waals surface area contributed by atoms with Gasteiger partial charge in [-0.05, 0) is 68.1 Å². The van der Waals surface area contributed by atoms with E-state index in [9.17, 15) is 18.0 Å². The zero-order chi connectivity index (χ0) is 27.0. The van der Waals surface area contributed by atoms with E-state index in [1.54, 1.807) is 9.80 Å². The number of hydrogen-bond acceptors (Lipinski definition) is 4. The predicted octanol–water partition coefficient (Wildman–Crippen LogP) is 7.33. The molecule has 0 bridgehead atoms. The van der Waals surface area contributed by atoms with Crippen LogP contribution in [0, 0.1) is 0 Å². The van der Waals surface area contributed by atoms with E-state index in [1.165, 1.54) is 12.1 Å². The molecule has 5 nitrogen and oxygen atoms in total. The van der Waals surface area contributed by atoms with Crippen molar-refractivity contribution in [3.63, 3.8) is 0 Å². The third kappa shape index (κ3) is 4.54. The molecule has 1 unspecified atom stereocenters. The Morgan fingerprint density at radius 1 is 1.03 bits per heavy atom. The molecular weight excluding hydrogens is 552 g/mol. The quantitative estimate of drug-likeness (QED) is 0.351. The van der Waals surface area contributed by atoms with Gasteiger partial charge >= 0.3 is 12.3 Å². The zero-order valence-electron chi connectivity index (χ0n) is 20.5. The number of halogens is 6. The van der Waals surface area contributed by atoms with E-state index in [0.29, 0.717) is 25.4 Å². The van der Waals surface area contributed by atoms with Gasteiger partial charge in [0.1, 0.15) is 16.6 Å². The van der Waals surface area contributed by atoms with Crippen LogP contribution < -0.4 is 4.90 Å². The standard InChI is InChI=1S/C26H26Cl3F3N2O3/c1-23(2,3)37-22(35)34-13-25(14-34)18-5-4-17(8-15(18)11-36-25)33-7-6-24(12-33,26(30,31)32)16-9-19(27)21(29)20(28)10-16/h4-5,8-10H,6-7,11-14H2,1-3H3. The molecule has 37 heavy (non-hydrogen) atoms. The van der Waals surface area contributed by atoms with Gasteiger partial charge in [0, 0.05) is 18.8 Å². The molecule has 2 saturated heterocycles. The summed E-state index contributed by atoms with van der Waals surface area (Å²) in [6.45, 7) is 6.42. The summed E-state index contributed by atoms with van der Waals surface area (Å²) in [6.07, 6.45) is -5.06. The maximum atomic E-state index is 14.5. The van der Waals surface area contributed by atoms with E-state index >= 15 is 0 Å². The molecule has 2 aromatic carbocycles. The summed E-state index contributed by atoms with van der Waals surface area (Å²) >= 11 is 18.2. The molecule has 200 valence electrons. The lowest BCUT2D eigenvalue weighted by Gasteiger charge is -2.47. The second-order valence-electron chi connectivity index (χ2n) is 11.0. The van der Waals surface area contributed by atoms with Crippen LogP contribution >= 0.6 is 34.8 Å². The van der Waals surface area contributed by atoms with Crippen molar-refractivity contribution in [2.45, 2.75) is 56.6 Å². The van der Waals surface area contributed by atoms with E-state index in [2.05, 4.69) is 0 Å². The summed E-state index contributed by atoms with van der Waals surface area (Å²) in [6, 6.07) is 8.13. The number of likely N-dealkylation sites (tertiary alicyclic amines) is 1. The number of fused-ring (bicyclic) bond motifs is 2. The summed E-state index contributed by atoms with van der Waals surface area (Å²) in [7, 11) is 0. The number of benzene rings is 2. The van der Waals surface area contributed by atoms with Crippen LogP contribution in [0.2, 0.25) is 15.1 Å². The summed E-state index contributed by atoms with van der Waals surface area (Å²) in [5.41, 5.74) is -0.793. The SMILES string of the molecule is CC(C)(C)OC(=O)N1CC2(C1)OCc1cc(N3CCC(c4cc(Cl)c(Cl)c(Cl)c4)(C(F)(F)F)C3)ccc12. The summed E-state index contributed by atoms with van der Waals surface area (Å²) in [4.78, 5) is 15.7. The molecule has 3 aliphatic rings. The van der Waals surface area contributed by atoms with Crippen LogP contribution in [0.3, 0.4) is 0 Å². The first-order chi connectivity index (χ1) is 17.1. The molecule has 11 heteroatoms. The van der Waals surface area contributed by atoms with Crippen LogP contribution in [0.25, 0.3) is 0 Å². The molecular formula is C26H26Cl3F3N2O3. The largest absolute Gasteiger partial charge is 0.444 e. The van der Waals surface area contributed by atoms with Crippen LogP contribution in [-0.4, -0.2) is 48.9 Å². The van der Waals surface area contributed by atoms with Gasteiger partial charge in [-0.3, -0.25) is 0 Å². The Morgan fingerprint density at radius 3 is 2.27 bits per heavy atom. The van der Waals surface area contributed by atoms with Crippen LogP contribution in [0.4, 0.5) is 23.7 Å². The molecule has 0 aromatic heterocycles. The monoisotopic (exact) mass is 576 g/mol. The van der Waals surface area contributed by atoms with Crippen LogP contribution in [0.5, 0.6) is 0 Å². The van der Waals surface area contributed by atoms with Gasteiger partial charge in [-0.1, -0.05) is 40.9 Å². The maximum absolute atomic E-state index is 14.5. The van der Waals surface area contributed by atoms with Crippen molar-refractivity contribution in [1.82, 2.24) is 4.90 Å². The van der Waals surface area contributed by atoms with Crippen LogP contribution in [-0.2, 0) is 27.1 Å². The Morgan fingerprint density at radius 2 is 1.68 bits per heavy atom. The fourth-order valence-electron chi connectivity index (χ4n) is 5.41. The molecule has 0 aliphatic carbocycles. The van der Waals surface area contributed by atoms with Gasteiger partial charge in [0.05, 0.1) is 34.8 Å². The first-order valence-corrected chi connectivity index (χ1v) is 13.0. The van der Waals surface area contributed by atoms with E-state index in [-0.39, 0.29) is 40.1 Å². The minimum atomic E-state index is -4.52. The Labute approximate surface area is 228 Å². The molecule has 0 saturated carbocycles. The van der Waals surface area contributed by atoms with Gasteiger partial charge in [0.15, 0.2) is 0 Å². The molecule has 1 amide bonds. The van der Waals surface area contributed by atoms with Gasteiger partial charge < -0.3 is 19.3 Å². The summed E-state index contributed by atoms with van der Waals surface area (Å²) in [5.74, 6) is 0. The molecule has 5 rings (SSSR count). The lowest BCUT2D eigenvalue weighted by Crippen LogP contribution is -2.61. The Hall–Kier alpha value is -1.87. The fourth-order valence-corrected chi connectivity index (χ4v) is 6.01. The third-order valence-electron chi connectivity index (χ3n) is 7.34. The minimum absolute atomic E-state index is 0.00190. The predicted molar refractivity (Wildman–Crippen MR) is 137 cm³/mol. The van der Waals surface area contributed by atoms with E-state index in [0.717, 1.165) is 11.1 Å². The zero-order valence-corrected chi connectivity index (χ0v) is 22.8. The van der Waals surface area contributed by atoms with Crippen LogP contribution in [0.1, 0.15) is 43.9 Å². The number of rotatable bonds is 2. The number of carbonyl (C=O) groups is 1. The molecule has 0 N–H and O–H groups in total. The lowest BCUT2D eigenvalue weighted by molar-refractivity contribution is -0.184. The highest BCUT2D eigenvalue weighted by Crippen LogP contribution is 2.51. The topological polar surface area (TPSA) is 42.0 Å². The molecule has 3 heterocycles. The van der Waals surface area contributed by atoms with E-state index in [4.69, 9.17) is 44.3 Å². The van der Waals surface area contributed by atoms with Crippen molar-refractivity contribution < 1.29 is 27.4 Å². The third-order valence-corrected chi connectivity index (χ3v) is 8.54. The first kappa shape index (κ1) is 26.7. The highest BCUT2D eigenvalue weighted by molar-refractivity contribution is 6.48. The van der Waals surface area contributed by atoms with Crippen molar-refractivity contribution in [2.24, 2.45) is 0 Å².